The zero-order valence-corrected chi connectivity index (χ0v) is 14.1. The third-order valence-electron chi connectivity index (χ3n) is 3.91. The molecule has 0 unspecified atom stereocenters. The summed E-state index contributed by atoms with van der Waals surface area (Å²) in [5.41, 5.74) is 4.12. The van der Waals surface area contributed by atoms with E-state index in [0.29, 0.717) is 32.6 Å². The van der Waals surface area contributed by atoms with E-state index in [4.69, 9.17) is 10.9 Å². The molecule has 7 nitrogen and oxygen atoms in total. The highest BCUT2D eigenvalue weighted by atomic mass is 32.2. The molecule has 1 saturated heterocycles. The summed E-state index contributed by atoms with van der Waals surface area (Å²) in [6.07, 6.45) is -4.22. The normalized spacial score (nSPS) is 17.4. The second-order valence-electron chi connectivity index (χ2n) is 5.81. The Hall–Kier alpha value is -1.85. The van der Waals surface area contributed by atoms with Crippen molar-refractivity contribution in [2.24, 2.45) is 10.9 Å². The van der Waals surface area contributed by atoms with E-state index in [2.05, 4.69) is 0 Å². The van der Waals surface area contributed by atoms with Crippen LogP contribution in [-0.2, 0) is 21.0 Å². The molecule has 0 atom stereocenters. The monoisotopic (exact) mass is 380 g/mol. The fourth-order valence-electron chi connectivity index (χ4n) is 2.79. The Balaban J connectivity index is 2.30. The topological polar surface area (TPSA) is 110 Å². The number of nitrogens with two attached hydrogens (primary N) is 2. The van der Waals surface area contributed by atoms with Gasteiger partial charge in [-0.3, -0.25) is 9.69 Å². The minimum absolute atomic E-state index is 0.0893. The zero-order chi connectivity index (χ0) is 18.8. The Kier molecular flexibility index (Phi) is 5.59. The van der Waals surface area contributed by atoms with E-state index in [1.54, 1.807) is 4.90 Å². The molecule has 11 heteroatoms. The van der Waals surface area contributed by atoms with Gasteiger partial charge >= 0.3 is 6.18 Å². The van der Waals surface area contributed by atoms with Gasteiger partial charge in [0.1, 0.15) is 0 Å². The molecule has 1 aliphatic rings. The van der Waals surface area contributed by atoms with Gasteiger partial charge < -0.3 is 10.6 Å². The van der Waals surface area contributed by atoms with Crippen LogP contribution in [0, 0.1) is 0 Å². The van der Waals surface area contributed by atoms with Gasteiger partial charge in [-0.1, -0.05) is 0 Å². The van der Waals surface area contributed by atoms with E-state index in [0.717, 1.165) is 12.1 Å². The number of primary amides is 1. The molecule has 0 radical (unpaired) electrons. The molecule has 1 aliphatic heterocycles. The summed E-state index contributed by atoms with van der Waals surface area (Å²) >= 11 is 0. The molecular weight excluding hydrogens is 361 g/mol. The molecule has 140 valence electrons. The molecule has 1 aromatic rings. The number of carbonyl (C=O) groups excluding carboxylic acids is 1. The van der Waals surface area contributed by atoms with Crippen LogP contribution in [0.1, 0.15) is 12.0 Å². The summed E-state index contributed by atoms with van der Waals surface area (Å²) in [4.78, 5) is 13.6. The number of primary sulfonamides is 1. The average Bonchev–Trinajstić information content (AvgIpc) is 2.70. The Morgan fingerprint density at radius 1 is 1.16 bits per heavy atom. The minimum atomic E-state index is -4.85. The first-order valence-electron chi connectivity index (χ1n) is 7.48. The first-order valence-corrected chi connectivity index (χ1v) is 9.03. The Labute approximate surface area is 143 Å². The van der Waals surface area contributed by atoms with Crippen molar-refractivity contribution in [3.63, 3.8) is 0 Å². The van der Waals surface area contributed by atoms with E-state index in [9.17, 15) is 26.4 Å². The molecule has 1 amide bonds. The molecule has 1 fully saturated rings. The van der Waals surface area contributed by atoms with Crippen molar-refractivity contribution in [1.82, 2.24) is 4.90 Å². The van der Waals surface area contributed by atoms with Crippen LogP contribution in [0.4, 0.5) is 18.9 Å². The third kappa shape index (κ3) is 5.06. The molecule has 25 heavy (non-hydrogen) atoms. The van der Waals surface area contributed by atoms with Crippen molar-refractivity contribution in [3.05, 3.63) is 23.8 Å². The number of carbonyl (C=O) groups is 1. The smallest absolute Gasteiger partial charge is 0.370 e. The summed E-state index contributed by atoms with van der Waals surface area (Å²) in [6.45, 7) is 2.01. The van der Waals surface area contributed by atoms with Crippen LogP contribution in [0.15, 0.2) is 23.1 Å². The van der Waals surface area contributed by atoms with Crippen LogP contribution in [-0.4, -0.2) is 51.9 Å². The van der Waals surface area contributed by atoms with Gasteiger partial charge in [0.2, 0.25) is 15.9 Å². The molecule has 0 aliphatic carbocycles. The summed E-state index contributed by atoms with van der Waals surface area (Å²) < 4.78 is 62.4. The Bertz CT molecular complexity index is 752. The van der Waals surface area contributed by atoms with Gasteiger partial charge in [0.15, 0.2) is 0 Å². The highest BCUT2D eigenvalue weighted by Crippen LogP contribution is 2.36. The van der Waals surface area contributed by atoms with E-state index >= 15 is 0 Å². The standard InChI is InChI=1S/C14H19F3N4O3S/c15-14(16,17)11-8-10(2-3-12(11)25(19,23)24)21-5-1-4-20(6-7-21)9-13(18)22/h2-3,8H,1,4-7,9H2,(H2,18,22)(H2,19,23,24). The number of hydrogen-bond acceptors (Lipinski definition) is 5. The lowest BCUT2D eigenvalue weighted by Gasteiger charge is -2.25. The summed E-state index contributed by atoms with van der Waals surface area (Å²) in [5.74, 6) is -0.467. The molecule has 1 aromatic carbocycles. The highest BCUT2D eigenvalue weighted by Gasteiger charge is 2.37. The predicted octanol–water partition coefficient (Wildman–Crippen LogP) is 0.350. The van der Waals surface area contributed by atoms with Crippen molar-refractivity contribution in [3.8, 4) is 0 Å². The van der Waals surface area contributed by atoms with Gasteiger partial charge in [0.05, 0.1) is 17.0 Å². The highest BCUT2D eigenvalue weighted by molar-refractivity contribution is 7.89. The second-order valence-corrected chi connectivity index (χ2v) is 7.34. The van der Waals surface area contributed by atoms with E-state index < -0.39 is 32.6 Å². The SMILES string of the molecule is NC(=O)CN1CCCN(c2ccc(S(N)(=O)=O)c(C(F)(F)F)c2)CC1. The van der Waals surface area contributed by atoms with E-state index in [1.165, 1.54) is 6.07 Å². The predicted molar refractivity (Wildman–Crippen MR) is 85.3 cm³/mol. The maximum Gasteiger partial charge on any atom is 0.417 e. The van der Waals surface area contributed by atoms with Crippen LogP contribution in [0.25, 0.3) is 0 Å². The number of amides is 1. The first-order chi connectivity index (χ1) is 11.5. The Morgan fingerprint density at radius 2 is 1.84 bits per heavy atom. The minimum Gasteiger partial charge on any atom is -0.370 e. The van der Waals surface area contributed by atoms with Crippen LogP contribution >= 0.6 is 0 Å². The molecule has 0 bridgehead atoms. The van der Waals surface area contributed by atoms with Crippen molar-refractivity contribution < 1.29 is 26.4 Å². The van der Waals surface area contributed by atoms with Crippen LogP contribution in [0.2, 0.25) is 0 Å². The lowest BCUT2D eigenvalue weighted by atomic mass is 10.1. The van der Waals surface area contributed by atoms with Gasteiger partial charge in [-0.2, -0.15) is 13.2 Å². The number of hydrogen-bond donors (Lipinski definition) is 2. The molecule has 2 rings (SSSR count). The molecule has 0 aromatic heterocycles. The average molecular weight is 380 g/mol. The number of alkyl halides is 3. The third-order valence-corrected chi connectivity index (χ3v) is 4.88. The maximum absolute atomic E-state index is 13.2. The zero-order valence-electron chi connectivity index (χ0n) is 13.3. The molecule has 4 N–H and O–H groups in total. The van der Waals surface area contributed by atoms with Crippen molar-refractivity contribution in [1.29, 1.82) is 0 Å². The fraction of sp³-hybridized carbons (Fsp3) is 0.500. The quantitative estimate of drug-likeness (QED) is 0.783. The van der Waals surface area contributed by atoms with Crippen molar-refractivity contribution in [2.45, 2.75) is 17.5 Å². The fourth-order valence-corrected chi connectivity index (χ4v) is 3.53. The molecular formula is C14H19F3N4O3S. The van der Waals surface area contributed by atoms with Crippen LogP contribution in [0.5, 0.6) is 0 Å². The van der Waals surface area contributed by atoms with Crippen LogP contribution in [0.3, 0.4) is 0 Å². The number of sulfonamides is 1. The van der Waals surface area contributed by atoms with Crippen LogP contribution < -0.4 is 15.8 Å². The van der Waals surface area contributed by atoms with E-state index in [1.807, 2.05) is 4.90 Å². The lowest BCUT2D eigenvalue weighted by Crippen LogP contribution is -2.36. The van der Waals surface area contributed by atoms with Gasteiger partial charge in [-0.15, -0.1) is 0 Å². The number of benzene rings is 1. The summed E-state index contributed by atoms with van der Waals surface area (Å²) in [7, 11) is -4.49. The second kappa shape index (κ2) is 7.18. The number of halogens is 3. The number of anilines is 1. The van der Waals surface area contributed by atoms with Crippen molar-refractivity contribution >= 4 is 21.6 Å². The lowest BCUT2D eigenvalue weighted by molar-refractivity contribution is -0.139. The van der Waals surface area contributed by atoms with Gasteiger partial charge in [0, 0.05) is 31.9 Å². The van der Waals surface area contributed by atoms with E-state index in [-0.39, 0.29) is 12.2 Å². The molecule has 0 saturated carbocycles. The van der Waals surface area contributed by atoms with Gasteiger partial charge in [-0.05, 0) is 24.6 Å². The first kappa shape index (κ1) is 19.5. The number of rotatable bonds is 4. The largest absolute Gasteiger partial charge is 0.417 e. The van der Waals surface area contributed by atoms with Gasteiger partial charge in [0.25, 0.3) is 0 Å². The summed E-state index contributed by atoms with van der Waals surface area (Å²) in [6, 6.07) is 2.97. The Morgan fingerprint density at radius 3 is 2.40 bits per heavy atom. The maximum atomic E-state index is 13.2. The van der Waals surface area contributed by atoms with Crippen molar-refractivity contribution in [2.75, 3.05) is 37.6 Å². The number of nitrogens with zero attached hydrogens (tertiary/aromatic N) is 2. The molecule has 1 heterocycles. The summed E-state index contributed by atoms with van der Waals surface area (Å²) in [5, 5.41) is 4.88. The molecule has 0 spiro atoms. The van der Waals surface area contributed by atoms with Gasteiger partial charge in [-0.25, -0.2) is 13.6 Å².